The van der Waals surface area contributed by atoms with Gasteiger partial charge in [-0.15, -0.1) is 0 Å². The van der Waals surface area contributed by atoms with E-state index < -0.39 is 11.6 Å². The first-order valence-corrected chi connectivity index (χ1v) is 12.8. The second-order valence-electron chi connectivity index (χ2n) is 10.8. The number of hydrogen-bond donors (Lipinski definition) is 2. The molecule has 1 aromatic carbocycles. The Morgan fingerprint density at radius 2 is 1.92 bits per heavy atom. The third-order valence-corrected chi connectivity index (χ3v) is 8.13. The van der Waals surface area contributed by atoms with Gasteiger partial charge in [0.15, 0.2) is 11.6 Å². The Bertz CT molecular complexity index is 1500. The van der Waals surface area contributed by atoms with Gasteiger partial charge in [0, 0.05) is 49.4 Å². The number of fused-ring (bicyclic) bond motifs is 4. The van der Waals surface area contributed by atoms with Crippen LogP contribution in [0.5, 0.6) is 0 Å². The van der Waals surface area contributed by atoms with Crippen molar-refractivity contribution in [2.45, 2.75) is 50.7 Å². The maximum atomic E-state index is 15.1. The van der Waals surface area contributed by atoms with E-state index in [1.54, 1.807) is 12.3 Å². The summed E-state index contributed by atoms with van der Waals surface area (Å²) in [6, 6.07) is 7.15. The van der Waals surface area contributed by atoms with Crippen LogP contribution in [-0.2, 0) is 18.5 Å². The Morgan fingerprint density at radius 3 is 2.65 bits per heavy atom. The van der Waals surface area contributed by atoms with E-state index in [9.17, 15) is 4.39 Å². The van der Waals surface area contributed by atoms with Gasteiger partial charge in [0.1, 0.15) is 22.9 Å². The lowest BCUT2D eigenvalue weighted by Crippen LogP contribution is -2.28. The largest absolute Gasteiger partial charge is 0.326 e. The molecule has 1 saturated heterocycles. The number of rotatable bonds is 5. The van der Waals surface area contributed by atoms with E-state index in [1.165, 1.54) is 6.07 Å². The number of likely N-dealkylation sites (tertiary alicyclic amines) is 1. The van der Waals surface area contributed by atoms with Gasteiger partial charge in [-0.2, -0.15) is 0 Å². The number of aryl methyl sites for hydroxylation is 1. The molecule has 0 bridgehead atoms. The first-order valence-electron chi connectivity index (χ1n) is 12.8. The lowest BCUT2D eigenvalue weighted by Gasteiger charge is -2.15. The number of nitrogens with two attached hydrogens (primary N) is 1. The maximum Gasteiger partial charge on any atom is 0.229 e. The molecule has 1 aliphatic carbocycles. The molecule has 5 heterocycles. The van der Waals surface area contributed by atoms with Gasteiger partial charge < -0.3 is 15.6 Å². The Morgan fingerprint density at radius 1 is 1.05 bits per heavy atom. The Hall–Kier alpha value is -3.50. The minimum atomic E-state index is -0.618. The van der Waals surface area contributed by atoms with E-state index in [0.29, 0.717) is 28.3 Å². The summed E-state index contributed by atoms with van der Waals surface area (Å²) in [5, 5.41) is 3.04. The molecule has 2 fully saturated rings. The van der Waals surface area contributed by atoms with Gasteiger partial charge in [0.25, 0.3) is 0 Å². The molecule has 1 spiro atoms. The van der Waals surface area contributed by atoms with Gasteiger partial charge >= 0.3 is 0 Å². The lowest BCUT2D eigenvalue weighted by molar-refractivity contribution is 0.318. The Kier molecular flexibility index (Phi) is 5.06. The van der Waals surface area contributed by atoms with Gasteiger partial charge in [-0.25, -0.2) is 28.7 Å². The fourth-order valence-electron chi connectivity index (χ4n) is 5.91. The van der Waals surface area contributed by atoms with Gasteiger partial charge in [0.2, 0.25) is 5.95 Å². The monoisotopic (exact) mass is 502 g/mol. The number of anilines is 2. The van der Waals surface area contributed by atoms with Crippen LogP contribution < -0.4 is 11.1 Å². The minimum Gasteiger partial charge on any atom is -0.326 e. The molecule has 37 heavy (non-hydrogen) atoms. The van der Waals surface area contributed by atoms with Crippen LogP contribution >= 0.6 is 0 Å². The third-order valence-electron chi connectivity index (χ3n) is 8.13. The van der Waals surface area contributed by atoms with Crippen LogP contribution in [0.4, 0.5) is 20.5 Å². The Balaban J connectivity index is 1.15. The van der Waals surface area contributed by atoms with Crippen LogP contribution in [0.25, 0.3) is 22.3 Å². The second kappa shape index (κ2) is 8.26. The average Bonchev–Trinajstić information content (AvgIpc) is 3.28. The summed E-state index contributed by atoms with van der Waals surface area (Å²) >= 11 is 0. The fourth-order valence-corrected chi connectivity index (χ4v) is 5.91. The predicted octanol–water partition coefficient (Wildman–Crippen LogP) is 4.12. The highest BCUT2D eigenvalue weighted by atomic mass is 19.1. The number of aromatic nitrogens is 5. The van der Waals surface area contributed by atoms with Crippen molar-refractivity contribution in [2.24, 2.45) is 11.7 Å². The molecule has 3 aliphatic rings. The highest BCUT2D eigenvalue weighted by molar-refractivity contribution is 5.83. The van der Waals surface area contributed by atoms with Crippen molar-refractivity contribution in [1.29, 1.82) is 0 Å². The van der Waals surface area contributed by atoms with Crippen LogP contribution in [0.3, 0.4) is 0 Å². The third kappa shape index (κ3) is 3.86. The molecule has 3 N–H and O–H groups in total. The van der Waals surface area contributed by atoms with Crippen molar-refractivity contribution in [1.82, 2.24) is 29.4 Å². The Labute approximate surface area is 213 Å². The summed E-state index contributed by atoms with van der Waals surface area (Å²) in [5.41, 5.74) is 8.72. The van der Waals surface area contributed by atoms with Gasteiger partial charge in [-0.3, -0.25) is 4.90 Å². The molecular formula is C27H28F2N8. The number of imidazole rings is 1. The zero-order valence-electron chi connectivity index (χ0n) is 20.6. The molecule has 0 radical (unpaired) electrons. The smallest absolute Gasteiger partial charge is 0.229 e. The lowest BCUT2D eigenvalue weighted by atomic mass is 10.1. The van der Waals surface area contributed by atoms with E-state index in [2.05, 4.69) is 41.6 Å². The van der Waals surface area contributed by atoms with E-state index in [0.717, 1.165) is 62.9 Å². The highest BCUT2D eigenvalue weighted by Gasteiger charge is 2.50. The van der Waals surface area contributed by atoms with E-state index in [4.69, 9.17) is 5.73 Å². The van der Waals surface area contributed by atoms with E-state index in [1.807, 2.05) is 12.1 Å². The molecule has 8 nitrogen and oxygen atoms in total. The van der Waals surface area contributed by atoms with Crippen molar-refractivity contribution in [3.05, 3.63) is 59.7 Å². The maximum absolute atomic E-state index is 15.1. The van der Waals surface area contributed by atoms with Gasteiger partial charge in [-0.05, 0) is 48.9 Å². The number of pyridine rings is 1. The summed E-state index contributed by atoms with van der Waals surface area (Å²) in [5.74, 6) is 1.03. The summed E-state index contributed by atoms with van der Waals surface area (Å²) in [6.45, 7) is 4.81. The molecule has 190 valence electrons. The van der Waals surface area contributed by atoms with Crippen LogP contribution in [0, 0.1) is 17.6 Å². The number of nitrogens with one attached hydrogen (secondary N) is 1. The van der Waals surface area contributed by atoms with Crippen molar-refractivity contribution in [3.63, 3.8) is 0 Å². The number of nitrogens with zero attached hydrogens (tertiary/aromatic N) is 6. The van der Waals surface area contributed by atoms with Gasteiger partial charge in [-0.1, -0.05) is 13.0 Å². The van der Waals surface area contributed by atoms with Crippen LogP contribution in [-0.4, -0.2) is 48.5 Å². The molecule has 10 heteroatoms. The van der Waals surface area contributed by atoms with Gasteiger partial charge in [0.05, 0.1) is 11.7 Å². The molecule has 2 atom stereocenters. The molecule has 0 amide bonds. The van der Waals surface area contributed by atoms with Crippen LogP contribution in [0.2, 0.25) is 0 Å². The normalized spacial score (nSPS) is 22.2. The summed E-state index contributed by atoms with van der Waals surface area (Å²) in [7, 11) is 0. The summed E-state index contributed by atoms with van der Waals surface area (Å²) in [6.07, 6.45) is 6.92. The topological polar surface area (TPSA) is 97.8 Å². The molecule has 2 aliphatic heterocycles. The number of hydrogen-bond acceptors (Lipinski definition) is 7. The fraction of sp³-hybridized carbons (Fsp3) is 0.407. The summed E-state index contributed by atoms with van der Waals surface area (Å²) < 4.78 is 32.1. The SMILES string of the molecule is CC1CN(Cc2ccc(Nc3ncc(F)c(-c4cc(F)c5nc6n(c5c4)C4(CC6)CC4)n3)nc2)CC1N. The summed E-state index contributed by atoms with van der Waals surface area (Å²) in [4.78, 5) is 19.8. The minimum absolute atomic E-state index is 0.0350. The second-order valence-corrected chi connectivity index (χ2v) is 10.8. The quantitative estimate of drug-likeness (QED) is 0.424. The first-order chi connectivity index (χ1) is 17.9. The molecule has 4 aromatic rings. The zero-order valence-corrected chi connectivity index (χ0v) is 20.6. The van der Waals surface area contributed by atoms with E-state index in [-0.39, 0.29) is 23.2 Å². The predicted molar refractivity (Wildman–Crippen MR) is 136 cm³/mol. The number of benzene rings is 1. The van der Waals surface area contributed by atoms with Crippen molar-refractivity contribution < 1.29 is 8.78 Å². The molecule has 7 rings (SSSR count). The average molecular weight is 503 g/mol. The van der Waals surface area contributed by atoms with E-state index >= 15 is 4.39 Å². The van der Waals surface area contributed by atoms with Crippen molar-refractivity contribution in [2.75, 3.05) is 18.4 Å². The van der Waals surface area contributed by atoms with Crippen molar-refractivity contribution >= 4 is 22.8 Å². The zero-order chi connectivity index (χ0) is 25.3. The standard InChI is InChI=1S/C27H28F2N8/c1-15-12-36(14-20(15)30)13-16-2-3-22(31-10-16)33-26-32-11-19(29)24(35-26)17-8-18(28)25-21(9-17)37-23(34-25)4-5-27(37)6-7-27/h2-3,8-11,15,20H,4-7,12-14,30H2,1H3,(H,31,32,33,35). The van der Waals surface area contributed by atoms with Crippen LogP contribution in [0.1, 0.15) is 37.6 Å². The first kappa shape index (κ1) is 22.7. The molecule has 3 aromatic heterocycles. The number of halogens is 2. The molecule has 1 saturated carbocycles. The highest BCUT2D eigenvalue weighted by Crippen LogP contribution is 2.53. The molecular weight excluding hydrogens is 474 g/mol. The van der Waals surface area contributed by atoms with Crippen molar-refractivity contribution in [3.8, 4) is 11.3 Å². The van der Waals surface area contributed by atoms with Crippen LogP contribution in [0.15, 0.2) is 36.7 Å². The molecule has 2 unspecified atom stereocenters.